The fraction of sp³-hybridized carbons (Fsp3) is 0.302. The standard InChI is InChI=1S/C53H57N5/c1-50(2,3)42-27-38(28-43(31-42)51(4,5)6)35-19-16-20-36(23-35)48-56-47(34-17-14-13-15-18-34)57-49(58-48)41-25-37(24-40(26-41)46-33-54-21-22-55-46)39-29-44(52(7,8)9)32-45(30-39)53(10,11)12/h13-33H,1-12H3. The number of benzene rings is 5. The number of aromatic nitrogens is 5. The van der Waals surface area contributed by atoms with Crippen molar-refractivity contribution in [2.45, 2.75) is 105 Å². The lowest BCUT2D eigenvalue weighted by molar-refractivity contribution is 0.568. The van der Waals surface area contributed by atoms with Crippen LogP contribution in [0.25, 0.3) is 67.7 Å². The van der Waals surface area contributed by atoms with Crippen LogP contribution in [0.4, 0.5) is 0 Å². The molecular formula is C53H57N5. The average molecular weight is 764 g/mol. The first-order valence-corrected chi connectivity index (χ1v) is 20.4. The minimum absolute atomic E-state index is 0.00240. The molecule has 0 fully saturated rings. The van der Waals surface area contributed by atoms with Gasteiger partial charge in [-0.3, -0.25) is 9.97 Å². The fourth-order valence-corrected chi connectivity index (χ4v) is 7.03. The smallest absolute Gasteiger partial charge is 0.164 e. The summed E-state index contributed by atoms with van der Waals surface area (Å²) in [5, 5.41) is 0. The van der Waals surface area contributed by atoms with Gasteiger partial charge < -0.3 is 0 Å². The monoisotopic (exact) mass is 763 g/mol. The van der Waals surface area contributed by atoms with E-state index in [1.165, 1.54) is 27.8 Å². The number of rotatable bonds is 6. The van der Waals surface area contributed by atoms with E-state index in [0.717, 1.165) is 44.6 Å². The Morgan fingerprint density at radius 2 is 0.724 bits per heavy atom. The topological polar surface area (TPSA) is 64.5 Å². The average Bonchev–Trinajstić information content (AvgIpc) is 3.19. The van der Waals surface area contributed by atoms with Gasteiger partial charge >= 0.3 is 0 Å². The van der Waals surface area contributed by atoms with E-state index in [-0.39, 0.29) is 21.7 Å². The molecular weight excluding hydrogens is 707 g/mol. The largest absolute Gasteiger partial charge is 0.261 e. The van der Waals surface area contributed by atoms with E-state index < -0.39 is 0 Å². The van der Waals surface area contributed by atoms with Gasteiger partial charge in [0, 0.05) is 34.6 Å². The molecule has 0 aliphatic heterocycles. The summed E-state index contributed by atoms with van der Waals surface area (Å²) >= 11 is 0. The molecule has 0 saturated carbocycles. The molecule has 2 heterocycles. The summed E-state index contributed by atoms with van der Waals surface area (Å²) in [4.78, 5) is 24.8. The molecule has 5 heteroatoms. The summed E-state index contributed by atoms with van der Waals surface area (Å²) < 4.78 is 0. The first-order chi connectivity index (χ1) is 27.2. The van der Waals surface area contributed by atoms with E-state index in [0.29, 0.717) is 17.5 Å². The van der Waals surface area contributed by atoms with E-state index in [4.69, 9.17) is 19.9 Å². The van der Waals surface area contributed by atoms with Gasteiger partial charge in [0.25, 0.3) is 0 Å². The number of nitrogens with zero attached hydrogens (tertiary/aromatic N) is 5. The van der Waals surface area contributed by atoms with Gasteiger partial charge in [-0.25, -0.2) is 15.0 Å². The predicted molar refractivity (Wildman–Crippen MR) is 243 cm³/mol. The van der Waals surface area contributed by atoms with Crippen molar-refractivity contribution in [3.63, 3.8) is 0 Å². The third-order valence-electron chi connectivity index (χ3n) is 10.8. The first-order valence-electron chi connectivity index (χ1n) is 20.4. The molecule has 7 rings (SSSR count). The third-order valence-corrected chi connectivity index (χ3v) is 10.8. The van der Waals surface area contributed by atoms with E-state index in [1.807, 2.05) is 24.4 Å². The molecule has 0 unspecified atom stereocenters. The van der Waals surface area contributed by atoms with Crippen LogP contribution in [-0.4, -0.2) is 24.9 Å². The van der Waals surface area contributed by atoms with Gasteiger partial charge in [-0.05, 0) is 90.4 Å². The third kappa shape index (κ3) is 9.00. The normalized spacial score (nSPS) is 12.5. The molecule has 0 amide bonds. The summed E-state index contributed by atoms with van der Waals surface area (Å²) in [6.45, 7) is 27.3. The van der Waals surface area contributed by atoms with Gasteiger partial charge in [-0.15, -0.1) is 0 Å². The SMILES string of the molecule is CC(C)(C)c1cc(-c2cccc(-c3nc(-c4ccccc4)nc(-c4cc(-c5cc(C(C)(C)C)cc(C(C)(C)C)c5)cc(-c5cnccn5)c4)n3)c2)cc(C(C)(C)C)c1. The van der Waals surface area contributed by atoms with Crippen molar-refractivity contribution in [3.8, 4) is 67.7 Å². The zero-order valence-electron chi connectivity index (χ0n) is 36.4. The zero-order valence-corrected chi connectivity index (χ0v) is 36.4. The summed E-state index contributed by atoms with van der Waals surface area (Å²) in [7, 11) is 0. The van der Waals surface area contributed by atoms with E-state index in [1.54, 1.807) is 12.4 Å². The van der Waals surface area contributed by atoms with E-state index in [2.05, 4.69) is 179 Å². The number of hydrogen-bond donors (Lipinski definition) is 0. The van der Waals surface area contributed by atoms with Crippen molar-refractivity contribution >= 4 is 0 Å². The van der Waals surface area contributed by atoms with Gasteiger partial charge in [0.15, 0.2) is 17.5 Å². The molecule has 0 spiro atoms. The summed E-state index contributed by atoms with van der Waals surface area (Å²) in [6.07, 6.45) is 5.26. The Hall–Kier alpha value is -5.81. The highest BCUT2D eigenvalue weighted by Gasteiger charge is 2.24. The summed E-state index contributed by atoms with van der Waals surface area (Å²) in [5.41, 5.74) is 14.1. The van der Waals surface area contributed by atoms with Gasteiger partial charge in [-0.2, -0.15) is 0 Å². The summed E-state index contributed by atoms with van der Waals surface area (Å²) in [6, 6.07) is 39.4. The van der Waals surface area contributed by atoms with Gasteiger partial charge in [0.2, 0.25) is 0 Å². The van der Waals surface area contributed by atoms with Crippen molar-refractivity contribution in [2.24, 2.45) is 0 Å². The first kappa shape index (κ1) is 40.4. The molecule has 0 aliphatic rings. The Morgan fingerprint density at radius 3 is 1.22 bits per heavy atom. The summed E-state index contributed by atoms with van der Waals surface area (Å²) in [5.74, 6) is 1.82. The molecule has 0 atom stereocenters. The van der Waals surface area contributed by atoms with Crippen molar-refractivity contribution in [1.82, 2.24) is 24.9 Å². The van der Waals surface area contributed by atoms with Crippen molar-refractivity contribution in [1.29, 1.82) is 0 Å². The quantitative estimate of drug-likeness (QED) is 0.169. The molecule has 7 aromatic rings. The van der Waals surface area contributed by atoms with E-state index >= 15 is 0 Å². The minimum atomic E-state index is -0.0357. The second-order valence-corrected chi connectivity index (χ2v) is 19.7. The molecule has 0 saturated heterocycles. The van der Waals surface area contributed by atoms with Gasteiger partial charge in [0.1, 0.15) is 0 Å². The van der Waals surface area contributed by atoms with Crippen LogP contribution in [0.1, 0.15) is 105 Å². The maximum absolute atomic E-state index is 5.27. The molecule has 58 heavy (non-hydrogen) atoms. The maximum atomic E-state index is 5.27. The molecule has 0 N–H and O–H groups in total. The Bertz CT molecular complexity index is 2510. The lowest BCUT2D eigenvalue weighted by Crippen LogP contribution is -2.16. The second-order valence-electron chi connectivity index (χ2n) is 19.7. The highest BCUT2D eigenvalue weighted by molar-refractivity contribution is 5.80. The Balaban J connectivity index is 1.45. The Labute approximate surface area is 346 Å². The van der Waals surface area contributed by atoms with Crippen molar-refractivity contribution < 1.29 is 0 Å². The maximum Gasteiger partial charge on any atom is 0.164 e. The molecule has 2 aromatic heterocycles. The van der Waals surface area contributed by atoms with Crippen molar-refractivity contribution in [3.05, 3.63) is 150 Å². The lowest BCUT2D eigenvalue weighted by Gasteiger charge is -2.26. The number of hydrogen-bond acceptors (Lipinski definition) is 5. The van der Waals surface area contributed by atoms with Crippen LogP contribution < -0.4 is 0 Å². The van der Waals surface area contributed by atoms with Crippen LogP contribution in [-0.2, 0) is 21.7 Å². The molecule has 0 aliphatic carbocycles. The lowest BCUT2D eigenvalue weighted by atomic mass is 9.78. The molecule has 294 valence electrons. The van der Waals surface area contributed by atoms with Crippen molar-refractivity contribution in [2.75, 3.05) is 0 Å². The van der Waals surface area contributed by atoms with Crippen LogP contribution >= 0.6 is 0 Å². The highest BCUT2D eigenvalue weighted by atomic mass is 15.0. The second kappa shape index (κ2) is 15.2. The minimum Gasteiger partial charge on any atom is -0.261 e. The van der Waals surface area contributed by atoms with Crippen LogP contribution in [0.2, 0.25) is 0 Å². The van der Waals surface area contributed by atoms with Gasteiger partial charge in [0.05, 0.1) is 11.9 Å². The molecule has 5 aromatic carbocycles. The fourth-order valence-electron chi connectivity index (χ4n) is 7.03. The van der Waals surface area contributed by atoms with Crippen LogP contribution in [0.3, 0.4) is 0 Å². The van der Waals surface area contributed by atoms with Crippen LogP contribution in [0, 0.1) is 0 Å². The Morgan fingerprint density at radius 1 is 0.328 bits per heavy atom. The predicted octanol–water partition coefficient (Wildman–Crippen LogP) is 13.9. The zero-order chi connectivity index (χ0) is 41.6. The Kier molecular flexibility index (Phi) is 10.6. The molecule has 0 radical (unpaired) electrons. The molecule has 0 bridgehead atoms. The van der Waals surface area contributed by atoms with Crippen LogP contribution in [0.15, 0.2) is 128 Å². The highest BCUT2D eigenvalue weighted by Crippen LogP contribution is 2.39. The molecule has 5 nitrogen and oxygen atoms in total. The van der Waals surface area contributed by atoms with Gasteiger partial charge in [-0.1, -0.05) is 168 Å². The van der Waals surface area contributed by atoms with Crippen LogP contribution in [0.5, 0.6) is 0 Å². The van der Waals surface area contributed by atoms with E-state index in [9.17, 15) is 0 Å².